The Balaban J connectivity index is 2.88. The average Bonchev–Trinajstić information content (AvgIpc) is 2.49. The van der Waals surface area contributed by atoms with E-state index in [1.807, 2.05) is 44.2 Å². The van der Waals surface area contributed by atoms with Crippen molar-refractivity contribution in [1.29, 1.82) is 0 Å². The van der Waals surface area contributed by atoms with Gasteiger partial charge in [-0.1, -0.05) is 24.3 Å². The highest BCUT2D eigenvalue weighted by atomic mass is 16.3. The zero-order valence-corrected chi connectivity index (χ0v) is 12.7. The Bertz CT molecular complexity index is 582. The summed E-state index contributed by atoms with van der Waals surface area (Å²) in [7, 11) is 0. The lowest BCUT2D eigenvalue weighted by Gasteiger charge is -2.08. The number of allylic oxidation sites excluding steroid dienone is 6. The van der Waals surface area contributed by atoms with Gasteiger partial charge in [0.05, 0.1) is 6.61 Å². The summed E-state index contributed by atoms with van der Waals surface area (Å²) in [5.41, 5.74) is 7.65. The van der Waals surface area contributed by atoms with Gasteiger partial charge in [0, 0.05) is 24.0 Å². The third-order valence-electron chi connectivity index (χ3n) is 3.16. The van der Waals surface area contributed by atoms with Gasteiger partial charge in [-0.15, -0.1) is 0 Å². The van der Waals surface area contributed by atoms with Gasteiger partial charge < -0.3 is 10.8 Å². The zero-order valence-electron chi connectivity index (χ0n) is 12.7. The number of nitrogens with zero attached hydrogens (tertiary/aromatic N) is 1. The minimum absolute atomic E-state index is 0.00258. The quantitative estimate of drug-likeness (QED) is 0.757. The molecule has 0 radical (unpaired) electrons. The molecular weight excluding hydrogens is 264 g/mol. The summed E-state index contributed by atoms with van der Waals surface area (Å²) in [6.45, 7) is 3.85. The lowest BCUT2D eigenvalue weighted by atomic mass is 10.1. The summed E-state index contributed by atoms with van der Waals surface area (Å²) in [4.78, 5) is 11.7. The van der Waals surface area contributed by atoms with Crippen molar-refractivity contribution < 1.29 is 5.11 Å². The van der Waals surface area contributed by atoms with Crippen LogP contribution in [0.3, 0.4) is 0 Å². The van der Waals surface area contributed by atoms with Crippen molar-refractivity contribution in [2.45, 2.75) is 32.7 Å². The smallest absolute Gasteiger partial charge is 0.254 e. The average molecular weight is 288 g/mol. The third kappa shape index (κ3) is 5.94. The lowest BCUT2D eigenvalue weighted by Crippen LogP contribution is -2.23. The summed E-state index contributed by atoms with van der Waals surface area (Å²) in [5, 5.41) is 8.96. The first-order valence-corrected chi connectivity index (χ1v) is 7.13. The minimum Gasteiger partial charge on any atom is -0.395 e. The minimum atomic E-state index is -0.194. The fraction of sp³-hybridized carbons (Fsp3) is 0.353. The molecule has 1 rings (SSSR count). The number of hydrogen-bond acceptors (Lipinski definition) is 3. The van der Waals surface area contributed by atoms with Crippen LogP contribution in [0.5, 0.6) is 0 Å². The second-order valence-electron chi connectivity index (χ2n) is 4.94. The van der Waals surface area contributed by atoms with Crippen LogP contribution in [0, 0.1) is 0 Å². The lowest BCUT2D eigenvalue weighted by molar-refractivity contribution is 0.260. The number of pyridine rings is 1. The fourth-order valence-electron chi connectivity index (χ4n) is 1.91. The molecule has 4 heteroatoms. The van der Waals surface area contributed by atoms with E-state index in [0.29, 0.717) is 0 Å². The van der Waals surface area contributed by atoms with Crippen LogP contribution in [0.1, 0.15) is 26.7 Å². The maximum atomic E-state index is 11.7. The molecule has 0 aliphatic rings. The van der Waals surface area contributed by atoms with Crippen molar-refractivity contribution in [2.24, 2.45) is 5.73 Å². The molecule has 0 saturated heterocycles. The third-order valence-corrected chi connectivity index (χ3v) is 3.16. The fourth-order valence-corrected chi connectivity index (χ4v) is 1.91. The van der Waals surface area contributed by atoms with Gasteiger partial charge in [-0.25, -0.2) is 0 Å². The Morgan fingerprint density at radius 1 is 1.43 bits per heavy atom. The summed E-state index contributed by atoms with van der Waals surface area (Å²) in [6.07, 6.45) is 11.2. The normalized spacial score (nSPS) is 14.7. The molecule has 0 fully saturated rings. The summed E-state index contributed by atoms with van der Waals surface area (Å²) < 4.78 is 1.60. The van der Waals surface area contributed by atoms with Crippen molar-refractivity contribution in [3.05, 3.63) is 64.6 Å². The van der Waals surface area contributed by atoms with E-state index in [0.717, 1.165) is 24.1 Å². The van der Waals surface area contributed by atoms with Crippen LogP contribution < -0.4 is 11.3 Å². The van der Waals surface area contributed by atoms with Crippen LogP contribution in [0.4, 0.5) is 0 Å². The van der Waals surface area contributed by atoms with Gasteiger partial charge in [-0.05, 0) is 44.4 Å². The second-order valence-corrected chi connectivity index (χ2v) is 4.94. The molecule has 0 aliphatic heterocycles. The highest BCUT2D eigenvalue weighted by molar-refractivity contribution is 5.46. The molecule has 0 spiro atoms. The number of hydrogen-bond donors (Lipinski definition) is 2. The predicted octanol–water partition coefficient (Wildman–Crippen LogP) is 2.31. The number of rotatable bonds is 7. The Morgan fingerprint density at radius 2 is 2.19 bits per heavy atom. The number of aliphatic hydroxyl groups is 1. The summed E-state index contributed by atoms with van der Waals surface area (Å²) in [6, 6.07) is 4.90. The van der Waals surface area contributed by atoms with Gasteiger partial charge >= 0.3 is 0 Å². The topological polar surface area (TPSA) is 68.2 Å². The Morgan fingerprint density at radius 3 is 2.81 bits per heavy atom. The molecule has 0 amide bonds. The van der Waals surface area contributed by atoms with E-state index < -0.39 is 0 Å². The van der Waals surface area contributed by atoms with E-state index in [1.165, 1.54) is 6.07 Å². The molecule has 0 aliphatic carbocycles. The first-order chi connectivity index (χ1) is 10.1. The first kappa shape index (κ1) is 17.1. The van der Waals surface area contributed by atoms with E-state index in [-0.39, 0.29) is 18.2 Å². The van der Waals surface area contributed by atoms with Crippen LogP contribution in [0.15, 0.2) is 59.1 Å². The number of aromatic nitrogens is 1. The van der Waals surface area contributed by atoms with Crippen LogP contribution >= 0.6 is 0 Å². The summed E-state index contributed by atoms with van der Waals surface area (Å²) >= 11 is 0. The molecule has 1 aromatic rings. The maximum Gasteiger partial charge on any atom is 0.254 e. The molecule has 0 saturated carbocycles. The van der Waals surface area contributed by atoms with E-state index in [9.17, 15) is 4.79 Å². The monoisotopic (exact) mass is 288 g/mol. The molecule has 114 valence electrons. The van der Waals surface area contributed by atoms with Gasteiger partial charge in [-0.3, -0.25) is 9.36 Å². The van der Waals surface area contributed by atoms with Gasteiger partial charge in [-0.2, -0.15) is 0 Å². The molecule has 1 atom stereocenters. The van der Waals surface area contributed by atoms with Crippen LogP contribution in [-0.2, 0) is 0 Å². The van der Waals surface area contributed by atoms with E-state index in [1.54, 1.807) is 16.8 Å². The van der Waals surface area contributed by atoms with Crippen molar-refractivity contribution in [1.82, 2.24) is 4.57 Å². The standard InChI is InChI=1S/C17H24N2O2/c1-3-6-15(10-11-16(18)13-20)9-8-14(2)19-12-5-4-7-17(19)21/h3-9,12,16,20H,10-11,13,18H2,1-2H3/b6-3-,14-8+,15-9+. The van der Waals surface area contributed by atoms with Gasteiger partial charge in [0.1, 0.15) is 0 Å². The molecule has 21 heavy (non-hydrogen) atoms. The molecular formula is C17H24N2O2. The van der Waals surface area contributed by atoms with Crippen LogP contribution in [-0.4, -0.2) is 22.3 Å². The SMILES string of the molecule is C\C=C/C(=C\C=C(/C)n1ccccc1=O)CCC(N)CO. The molecule has 4 nitrogen and oxygen atoms in total. The molecule has 1 heterocycles. The van der Waals surface area contributed by atoms with Crippen molar-refractivity contribution in [3.8, 4) is 0 Å². The second kappa shape index (κ2) is 9.10. The van der Waals surface area contributed by atoms with Crippen LogP contribution in [0.2, 0.25) is 0 Å². The van der Waals surface area contributed by atoms with Crippen molar-refractivity contribution in [2.75, 3.05) is 6.61 Å². The zero-order chi connectivity index (χ0) is 15.7. The van der Waals surface area contributed by atoms with Gasteiger partial charge in [0.15, 0.2) is 0 Å². The van der Waals surface area contributed by atoms with Crippen molar-refractivity contribution in [3.63, 3.8) is 0 Å². The first-order valence-electron chi connectivity index (χ1n) is 7.13. The predicted molar refractivity (Wildman–Crippen MR) is 87.8 cm³/mol. The number of nitrogens with two attached hydrogens (primary N) is 1. The molecule has 1 unspecified atom stereocenters. The molecule has 0 aromatic carbocycles. The van der Waals surface area contributed by atoms with Gasteiger partial charge in [0.25, 0.3) is 5.56 Å². The Kier molecular flexibility index (Phi) is 7.43. The van der Waals surface area contributed by atoms with E-state index in [4.69, 9.17) is 10.8 Å². The number of aliphatic hydroxyl groups excluding tert-OH is 1. The Hall–Kier alpha value is -1.91. The molecule has 0 bridgehead atoms. The largest absolute Gasteiger partial charge is 0.395 e. The molecule has 1 aromatic heterocycles. The van der Waals surface area contributed by atoms with E-state index >= 15 is 0 Å². The van der Waals surface area contributed by atoms with Crippen LogP contribution in [0.25, 0.3) is 5.70 Å². The van der Waals surface area contributed by atoms with Gasteiger partial charge in [0.2, 0.25) is 0 Å². The maximum absolute atomic E-state index is 11.7. The van der Waals surface area contributed by atoms with Crippen molar-refractivity contribution >= 4 is 5.70 Å². The summed E-state index contributed by atoms with van der Waals surface area (Å²) in [5.74, 6) is 0. The highest BCUT2D eigenvalue weighted by Crippen LogP contribution is 2.10. The van der Waals surface area contributed by atoms with E-state index in [2.05, 4.69) is 0 Å². The highest BCUT2D eigenvalue weighted by Gasteiger charge is 2.01. The Labute approximate surface area is 125 Å². The molecule has 3 N–H and O–H groups in total.